The molecule has 1 aromatic heterocycles. The second kappa shape index (κ2) is 11.6. The van der Waals surface area contributed by atoms with Crippen LogP contribution in [0.15, 0.2) is 72.0 Å². The fourth-order valence-corrected chi connectivity index (χ4v) is 4.95. The number of halogens is 1. The molecule has 3 aromatic rings. The summed E-state index contributed by atoms with van der Waals surface area (Å²) in [4.78, 5) is 50.0. The number of para-hydroxylation sites is 1. The van der Waals surface area contributed by atoms with E-state index in [0.717, 1.165) is 16.5 Å². The van der Waals surface area contributed by atoms with Gasteiger partial charge in [0.1, 0.15) is 17.3 Å². The Labute approximate surface area is 227 Å². The van der Waals surface area contributed by atoms with Crippen LogP contribution in [0.3, 0.4) is 0 Å². The average Bonchev–Trinajstić information content (AvgIpc) is 3.56. The molecule has 0 saturated carbocycles. The topological polar surface area (TPSA) is 122 Å². The molecule has 10 nitrogen and oxygen atoms in total. The summed E-state index contributed by atoms with van der Waals surface area (Å²) in [7, 11) is 0. The number of hydrogen-bond acceptors (Lipinski definition) is 7. The van der Waals surface area contributed by atoms with E-state index in [1.165, 1.54) is 4.90 Å². The van der Waals surface area contributed by atoms with Crippen molar-refractivity contribution in [2.45, 2.75) is 37.6 Å². The Morgan fingerprint density at radius 1 is 1.11 bits per heavy atom. The van der Waals surface area contributed by atoms with Gasteiger partial charge in [0, 0.05) is 41.7 Å². The van der Waals surface area contributed by atoms with Gasteiger partial charge in [0.2, 0.25) is 5.91 Å². The average molecular weight is 580 g/mol. The lowest BCUT2D eigenvalue weighted by Crippen LogP contribution is -2.47. The molecular formula is C27H26BrN5O5. The number of benzene rings is 2. The van der Waals surface area contributed by atoms with Gasteiger partial charge in [-0.15, -0.1) is 0 Å². The second-order valence-electron chi connectivity index (χ2n) is 9.18. The highest BCUT2D eigenvalue weighted by atomic mass is 79.9. The minimum atomic E-state index is -0.816. The number of aromatic nitrogens is 1. The molecule has 1 saturated heterocycles. The molecule has 3 unspecified atom stereocenters. The predicted octanol–water partition coefficient (Wildman–Crippen LogP) is 3.36. The monoisotopic (exact) mass is 579 g/mol. The molecule has 2 aliphatic rings. The maximum atomic E-state index is 13.1. The summed E-state index contributed by atoms with van der Waals surface area (Å²) in [6.45, 7) is 0.379. The highest BCUT2D eigenvalue weighted by Gasteiger charge is 2.41. The molecule has 196 valence electrons. The van der Waals surface area contributed by atoms with Crippen molar-refractivity contribution in [2.24, 2.45) is 5.16 Å². The maximum Gasteiger partial charge on any atom is 0.410 e. The minimum Gasteiger partial charge on any atom is -0.444 e. The first kappa shape index (κ1) is 25.7. The maximum absolute atomic E-state index is 13.1. The number of nitrogens with one attached hydrogen (secondary N) is 2. The van der Waals surface area contributed by atoms with Crippen LogP contribution in [0.2, 0.25) is 0 Å². The molecule has 0 radical (unpaired) electrons. The summed E-state index contributed by atoms with van der Waals surface area (Å²) >= 11 is 3.28. The van der Waals surface area contributed by atoms with E-state index in [-0.39, 0.29) is 44.0 Å². The lowest BCUT2D eigenvalue weighted by atomic mass is 10.1. The zero-order valence-electron chi connectivity index (χ0n) is 20.4. The number of pyridine rings is 1. The molecule has 2 aliphatic heterocycles. The molecule has 2 aromatic carbocycles. The van der Waals surface area contributed by atoms with E-state index in [1.807, 2.05) is 36.4 Å². The smallest absolute Gasteiger partial charge is 0.410 e. The lowest BCUT2D eigenvalue weighted by molar-refractivity contribution is -0.125. The van der Waals surface area contributed by atoms with Crippen LogP contribution in [0.25, 0.3) is 10.9 Å². The Kier molecular flexibility index (Phi) is 7.83. The molecule has 0 aliphatic carbocycles. The summed E-state index contributed by atoms with van der Waals surface area (Å²) < 4.78 is 6.25. The van der Waals surface area contributed by atoms with Crippen LogP contribution in [-0.4, -0.2) is 63.7 Å². The fourth-order valence-electron chi connectivity index (χ4n) is 4.51. The number of carbonyl (C=O) groups excluding carboxylic acids is 3. The van der Waals surface area contributed by atoms with E-state index in [1.54, 1.807) is 30.5 Å². The number of carbonyl (C=O) groups is 3. The number of rotatable bonds is 7. The summed E-state index contributed by atoms with van der Waals surface area (Å²) in [5, 5.41) is 10.5. The van der Waals surface area contributed by atoms with Gasteiger partial charge in [-0.05, 0) is 46.6 Å². The zero-order valence-corrected chi connectivity index (χ0v) is 22.0. The molecule has 5 rings (SSSR count). The standard InChI is InChI=1S/C27H26BrN5O5/c28-24-12-21(38-32-24)14-30-26(35)23-11-20(31-25(34)18-6-2-1-3-7-18)15-33(23)27(36)37-16-17-10-19-8-4-5-9-22(19)29-13-17/h1-10,13,20-21,23H,11-12,14-16H2,(H,30,35)(H,31,34). The molecule has 11 heteroatoms. The third-order valence-corrected chi connectivity index (χ3v) is 6.89. The van der Waals surface area contributed by atoms with Gasteiger partial charge in [-0.2, -0.15) is 0 Å². The number of ether oxygens (including phenoxy) is 1. The number of oxime groups is 1. The zero-order chi connectivity index (χ0) is 26.5. The van der Waals surface area contributed by atoms with Crippen LogP contribution in [0.1, 0.15) is 28.8 Å². The van der Waals surface area contributed by atoms with E-state index in [2.05, 4.69) is 36.7 Å². The van der Waals surface area contributed by atoms with Gasteiger partial charge in [0.05, 0.1) is 12.1 Å². The van der Waals surface area contributed by atoms with Gasteiger partial charge in [0.25, 0.3) is 5.91 Å². The van der Waals surface area contributed by atoms with Crippen molar-refractivity contribution in [1.29, 1.82) is 0 Å². The lowest BCUT2D eigenvalue weighted by Gasteiger charge is -2.23. The predicted molar refractivity (Wildman–Crippen MR) is 144 cm³/mol. The van der Waals surface area contributed by atoms with Crippen molar-refractivity contribution in [3.63, 3.8) is 0 Å². The molecule has 38 heavy (non-hydrogen) atoms. The van der Waals surface area contributed by atoms with Crippen LogP contribution in [0.4, 0.5) is 4.79 Å². The third-order valence-electron chi connectivity index (χ3n) is 6.42. The third kappa shape index (κ3) is 6.10. The highest BCUT2D eigenvalue weighted by molar-refractivity contribution is 9.18. The molecule has 3 heterocycles. The summed E-state index contributed by atoms with van der Waals surface area (Å²) in [6, 6.07) is 17.1. The highest BCUT2D eigenvalue weighted by Crippen LogP contribution is 2.22. The summed E-state index contributed by atoms with van der Waals surface area (Å²) in [5.74, 6) is -0.619. The van der Waals surface area contributed by atoms with E-state index in [0.29, 0.717) is 16.6 Å². The number of hydrogen-bond donors (Lipinski definition) is 2. The molecule has 3 amide bonds. The Hall–Kier alpha value is -3.99. The first-order chi connectivity index (χ1) is 18.5. The van der Waals surface area contributed by atoms with Crippen molar-refractivity contribution in [3.05, 3.63) is 78.0 Å². The van der Waals surface area contributed by atoms with Gasteiger partial charge in [-0.25, -0.2) is 4.79 Å². The second-order valence-corrected chi connectivity index (χ2v) is 10.1. The van der Waals surface area contributed by atoms with Crippen molar-refractivity contribution in [3.8, 4) is 0 Å². The number of amides is 3. The first-order valence-corrected chi connectivity index (χ1v) is 13.0. The van der Waals surface area contributed by atoms with Crippen LogP contribution in [0, 0.1) is 0 Å². The van der Waals surface area contributed by atoms with Gasteiger partial charge in [0.15, 0.2) is 6.10 Å². The van der Waals surface area contributed by atoms with Crippen molar-refractivity contribution in [2.75, 3.05) is 13.1 Å². The molecular weight excluding hydrogens is 554 g/mol. The van der Waals surface area contributed by atoms with Gasteiger partial charge >= 0.3 is 6.09 Å². The Bertz CT molecular complexity index is 1370. The summed E-state index contributed by atoms with van der Waals surface area (Å²) in [5.41, 5.74) is 2.08. The van der Waals surface area contributed by atoms with Crippen molar-refractivity contribution < 1.29 is 24.0 Å². The molecule has 0 bridgehead atoms. The van der Waals surface area contributed by atoms with E-state index < -0.39 is 18.2 Å². The van der Waals surface area contributed by atoms with E-state index in [9.17, 15) is 14.4 Å². The van der Waals surface area contributed by atoms with E-state index >= 15 is 0 Å². The van der Waals surface area contributed by atoms with E-state index in [4.69, 9.17) is 9.57 Å². The van der Waals surface area contributed by atoms with Crippen molar-refractivity contribution >= 4 is 49.4 Å². The molecule has 0 spiro atoms. The Morgan fingerprint density at radius 3 is 2.68 bits per heavy atom. The molecule has 3 atom stereocenters. The Balaban J connectivity index is 1.24. The van der Waals surface area contributed by atoms with Gasteiger partial charge in [-0.3, -0.25) is 19.5 Å². The molecule has 2 N–H and O–H groups in total. The van der Waals surface area contributed by atoms with Gasteiger partial charge in [-0.1, -0.05) is 41.6 Å². The first-order valence-electron chi connectivity index (χ1n) is 12.2. The quantitative estimate of drug-likeness (QED) is 0.442. The largest absolute Gasteiger partial charge is 0.444 e. The van der Waals surface area contributed by atoms with Crippen LogP contribution < -0.4 is 10.6 Å². The number of nitrogens with zero attached hydrogens (tertiary/aromatic N) is 3. The van der Waals surface area contributed by atoms with Crippen molar-refractivity contribution in [1.82, 2.24) is 20.5 Å². The summed E-state index contributed by atoms with van der Waals surface area (Å²) in [6.07, 6.45) is 1.53. The van der Waals surface area contributed by atoms with Crippen LogP contribution in [-0.2, 0) is 21.0 Å². The molecule has 1 fully saturated rings. The number of likely N-dealkylation sites (tertiary alicyclic amines) is 1. The fraction of sp³-hybridized carbons (Fsp3) is 0.296. The number of fused-ring (bicyclic) bond motifs is 1. The SMILES string of the molecule is O=C(NC1CC(C(=O)NCC2CC(Br)=NO2)N(C(=O)OCc2cnc3ccccc3c2)C1)c1ccccc1. The van der Waals surface area contributed by atoms with Crippen LogP contribution >= 0.6 is 15.9 Å². The normalized spacial score (nSPS) is 20.5. The van der Waals surface area contributed by atoms with Gasteiger partial charge < -0.3 is 20.2 Å². The van der Waals surface area contributed by atoms with Crippen LogP contribution in [0.5, 0.6) is 0 Å². The Morgan fingerprint density at radius 2 is 1.89 bits per heavy atom. The minimum absolute atomic E-state index is 0.00380.